The number of rotatable bonds is 14. The van der Waals surface area contributed by atoms with Crippen LogP contribution in [-0.2, 0) is 11.3 Å². The lowest BCUT2D eigenvalue weighted by Crippen LogP contribution is -2.22. The smallest absolute Gasteiger partial charge is 0.243 e. The minimum Gasteiger partial charge on any atom is -0.489 e. The molecule has 0 aliphatic rings. The molecule has 7 nitrogen and oxygen atoms in total. The number of amides is 1. The van der Waals surface area contributed by atoms with Gasteiger partial charge in [0.1, 0.15) is 12.4 Å². The predicted molar refractivity (Wildman–Crippen MR) is 126 cm³/mol. The first-order valence-corrected chi connectivity index (χ1v) is 11.1. The number of hydrogen-bond donors (Lipinski definition) is 3. The number of imidazole rings is 1. The first-order chi connectivity index (χ1) is 15.8. The van der Waals surface area contributed by atoms with E-state index < -0.39 is 0 Å². The minimum atomic E-state index is -0.340. The molecule has 7 heteroatoms. The SMILES string of the molecule is O=C(CCCCC=C(CNCCCn1ccnc1)COc1cccc2ccccc12)NO. The summed E-state index contributed by atoms with van der Waals surface area (Å²) >= 11 is 0. The number of carbonyl (C=O) groups excluding carboxylic acids is 1. The van der Waals surface area contributed by atoms with Crippen LogP contribution in [0.4, 0.5) is 0 Å². The monoisotopic (exact) mass is 436 g/mol. The fraction of sp³-hybridized carbons (Fsp3) is 0.360. The molecule has 1 aromatic heterocycles. The Morgan fingerprint density at radius 2 is 2.00 bits per heavy atom. The van der Waals surface area contributed by atoms with Crippen molar-refractivity contribution in [1.82, 2.24) is 20.3 Å². The molecule has 3 rings (SSSR count). The van der Waals surface area contributed by atoms with Gasteiger partial charge in [0.2, 0.25) is 5.91 Å². The molecule has 0 aliphatic heterocycles. The van der Waals surface area contributed by atoms with Gasteiger partial charge in [-0.1, -0.05) is 42.5 Å². The molecule has 0 saturated carbocycles. The summed E-state index contributed by atoms with van der Waals surface area (Å²) in [6, 6.07) is 14.3. The summed E-state index contributed by atoms with van der Waals surface area (Å²) in [5, 5.41) is 14.4. The van der Waals surface area contributed by atoms with E-state index in [-0.39, 0.29) is 5.91 Å². The Kier molecular flexibility index (Phi) is 9.76. The van der Waals surface area contributed by atoms with Gasteiger partial charge in [0.15, 0.2) is 0 Å². The van der Waals surface area contributed by atoms with Crippen LogP contribution in [0.2, 0.25) is 0 Å². The van der Waals surface area contributed by atoms with Crippen LogP contribution in [-0.4, -0.2) is 40.4 Å². The lowest BCUT2D eigenvalue weighted by molar-refractivity contribution is -0.129. The Labute approximate surface area is 189 Å². The third-order valence-corrected chi connectivity index (χ3v) is 5.26. The van der Waals surface area contributed by atoms with Gasteiger partial charge in [0, 0.05) is 37.3 Å². The summed E-state index contributed by atoms with van der Waals surface area (Å²) in [6.07, 6.45) is 11.6. The van der Waals surface area contributed by atoms with Crippen molar-refractivity contribution < 1.29 is 14.7 Å². The molecule has 0 spiro atoms. The zero-order chi connectivity index (χ0) is 22.4. The van der Waals surface area contributed by atoms with Crippen molar-refractivity contribution >= 4 is 16.7 Å². The molecule has 3 N–H and O–H groups in total. The van der Waals surface area contributed by atoms with Crippen molar-refractivity contribution in [1.29, 1.82) is 0 Å². The largest absolute Gasteiger partial charge is 0.489 e. The molecular formula is C25H32N4O3. The second-order valence-electron chi connectivity index (χ2n) is 7.74. The average Bonchev–Trinajstić information content (AvgIpc) is 3.35. The van der Waals surface area contributed by atoms with E-state index >= 15 is 0 Å². The lowest BCUT2D eigenvalue weighted by Gasteiger charge is -2.13. The van der Waals surface area contributed by atoms with Crippen molar-refractivity contribution in [2.24, 2.45) is 0 Å². The first-order valence-electron chi connectivity index (χ1n) is 11.1. The number of aromatic nitrogens is 2. The summed E-state index contributed by atoms with van der Waals surface area (Å²) in [5.74, 6) is 0.543. The van der Waals surface area contributed by atoms with Crippen molar-refractivity contribution in [2.75, 3.05) is 19.7 Å². The maximum absolute atomic E-state index is 11.2. The maximum atomic E-state index is 11.2. The second-order valence-corrected chi connectivity index (χ2v) is 7.74. The fourth-order valence-electron chi connectivity index (χ4n) is 3.52. The fourth-order valence-corrected chi connectivity index (χ4v) is 3.52. The van der Waals surface area contributed by atoms with E-state index in [2.05, 4.69) is 39.1 Å². The Morgan fingerprint density at radius 3 is 2.84 bits per heavy atom. The number of fused-ring (bicyclic) bond motifs is 1. The molecule has 0 bridgehead atoms. The Bertz CT molecular complexity index is 981. The molecule has 1 amide bonds. The highest BCUT2D eigenvalue weighted by Gasteiger charge is 2.05. The minimum absolute atomic E-state index is 0.332. The van der Waals surface area contributed by atoms with Crippen LogP contribution in [0.3, 0.4) is 0 Å². The number of hydrogen-bond acceptors (Lipinski definition) is 5. The zero-order valence-electron chi connectivity index (χ0n) is 18.4. The van der Waals surface area contributed by atoms with Crippen molar-refractivity contribution in [2.45, 2.75) is 38.6 Å². The topological polar surface area (TPSA) is 88.4 Å². The number of nitrogens with zero attached hydrogens (tertiary/aromatic N) is 2. The summed E-state index contributed by atoms with van der Waals surface area (Å²) in [4.78, 5) is 15.2. The molecular weight excluding hydrogens is 404 g/mol. The molecule has 0 aliphatic carbocycles. The van der Waals surface area contributed by atoms with E-state index in [1.54, 1.807) is 11.7 Å². The quantitative estimate of drug-likeness (QED) is 0.153. The highest BCUT2D eigenvalue weighted by atomic mass is 16.5. The highest BCUT2D eigenvalue weighted by molar-refractivity contribution is 5.88. The Hall–Kier alpha value is -3.16. The van der Waals surface area contributed by atoms with Crippen molar-refractivity contribution in [3.63, 3.8) is 0 Å². The normalized spacial score (nSPS) is 11.6. The van der Waals surface area contributed by atoms with Gasteiger partial charge in [0.25, 0.3) is 0 Å². The molecule has 0 fully saturated rings. The number of benzene rings is 2. The molecule has 0 unspecified atom stereocenters. The van der Waals surface area contributed by atoms with Gasteiger partial charge >= 0.3 is 0 Å². The number of unbranched alkanes of at least 4 members (excludes halogenated alkanes) is 2. The first kappa shape index (κ1) is 23.5. The third-order valence-electron chi connectivity index (χ3n) is 5.26. The van der Waals surface area contributed by atoms with Crippen molar-refractivity contribution in [3.05, 3.63) is 72.8 Å². The van der Waals surface area contributed by atoms with Crippen LogP contribution in [0, 0.1) is 0 Å². The summed E-state index contributed by atoms with van der Waals surface area (Å²) < 4.78 is 8.27. The van der Waals surface area contributed by atoms with E-state index in [9.17, 15) is 4.79 Å². The van der Waals surface area contributed by atoms with Gasteiger partial charge in [-0.05, 0) is 49.3 Å². The van der Waals surface area contributed by atoms with E-state index in [0.29, 0.717) is 13.0 Å². The van der Waals surface area contributed by atoms with Gasteiger partial charge < -0.3 is 14.6 Å². The van der Waals surface area contributed by atoms with Gasteiger partial charge in [0.05, 0.1) is 6.33 Å². The van der Waals surface area contributed by atoms with Gasteiger partial charge in [-0.25, -0.2) is 10.5 Å². The molecule has 0 saturated heterocycles. The number of hydroxylamine groups is 1. The zero-order valence-corrected chi connectivity index (χ0v) is 18.4. The van der Waals surface area contributed by atoms with E-state index in [0.717, 1.165) is 61.8 Å². The van der Waals surface area contributed by atoms with Gasteiger partial charge in [-0.3, -0.25) is 10.0 Å². The Balaban J connectivity index is 1.51. The van der Waals surface area contributed by atoms with Crippen LogP contribution < -0.4 is 15.5 Å². The molecule has 2 aromatic carbocycles. The number of aryl methyl sites for hydroxylation is 1. The van der Waals surface area contributed by atoms with E-state index in [1.165, 1.54) is 5.57 Å². The van der Waals surface area contributed by atoms with Crippen LogP contribution in [0.15, 0.2) is 72.8 Å². The maximum Gasteiger partial charge on any atom is 0.243 e. The molecule has 170 valence electrons. The standard InChI is InChI=1S/C25H32N4O3/c30-25(28-31)13-3-1-2-8-21(18-26-14-7-16-29-17-15-27-20-29)19-32-24-12-6-10-22-9-4-5-11-23(22)24/h4-6,8-12,15,17,20,26,31H,1-3,7,13-14,16,18-19H2,(H,28,30). The average molecular weight is 437 g/mol. The molecule has 32 heavy (non-hydrogen) atoms. The van der Waals surface area contributed by atoms with E-state index in [4.69, 9.17) is 9.94 Å². The summed E-state index contributed by atoms with van der Waals surface area (Å²) in [5.41, 5.74) is 2.86. The molecule has 3 aromatic rings. The molecule has 0 atom stereocenters. The summed E-state index contributed by atoms with van der Waals surface area (Å²) in [6.45, 7) is 3.11. The van der Waals surface area contributed by atoms with Crippen molar-refractivity contribution in [3.8, 4) is 5.75 Å². The summed E-state index contributed by atoms with van der Waals surface area (Å²) in [7, 11) is 0. The van der Waals surface area contributed by atoms with Crippen LogP contribution in [0.5, 0.6) is 5.75 Å². The number of nitrogens with one attached hydrogen (secondary N) is 2. The molecule has 0 radical (unpaired) electrons. The van der Waals surface area contributed by atoms with Gasteiger partial charge in [-0.15, -0.1) is 0 Å². The number of allylic oxidation sites excluding steroid dienone is 1. The van der Waals surface area contributed by atoms with Gasteiger partial charge in [-0.2, -0.15) is 0 Å². The number of ether oxygens (including phenoxy) is 1. The van der Waals surface area contributed by atoms with Crippen LogP contribution >= 0.6 is 0 Å². The number of carbonyl (C=O) groups is 1. The van der Waals surface area contributed by atoms with Crippen LogP contribution in [0.1, 0.15) is 32.1 Å². The van der Waals surface area contributed by atoms with E-state index in [1.807, 2.05) is 36.8 Å². The molecule has 1 heterocycles. The predicted octanol–water partition coefficient (Wildman–Crippen LogP) is 4.09. The lowest BCUT2D eigenvalue weighted by atomic mass is 10.1. The Morgan fingerprint density at radius 1 is 1.12 bits per heavy atom. The highest BCUT2D eigenvalue weighted by Crippen LogP contribution is 2.25. The van der Waals surface area contributed by atoms with Crippen LogP contribution in [0.25, 0.3) is 10.8 Å². The second kappa shape index (κ2) is 13.3. The third kappa shape index (κ3) is 7.83.